The fourth-order valence-corrected chi connectivity index (χ4v) is 3.31. The van der Waals surface area contributed by atoms with Crippen molar-refractivity contribution in [3.8, 4) is 0 Å². The van der Waals surface area contributed by atoms with Crippen molar-refractivity contribution in [2.45, 2.75) is 32.1 Å². The lowest BCUT2D eigenvalue weighted by molar-refractivity contribution is -0.175. The smallest absolute Gasteiger partial charge is 0.344 e. The molecule has 182 valence electrons. The highest BCUT2D eigenvalue weighted by Gasteiger charge is 2.45. The quantitative estimate of drug-likeness (QED) is 0.420. The van der Waals surface area contributed by atoms with E-state index in [4.69, 9.17) is 34.8 Å². The van der Waals surface area contributed by atoms with Gasteiger partial charge in [0.2, 0.25) is 11.8 Å². The van der Waals surface area contributed by atoms with Crippen LogP contribution in [0.3, 0.4) is 0 Å². The lowest BCUT2D eigenvalue weighted by atomic mass is 9.98. The Bertz CT molecular complexity index is 1090. The first kappa shape index (κ1) is 27.7. The summed E-state index contributed by atoms with van der Waals surface area (Å²) in [5, 5.41) is 5.51. The minimum atomic E-state index is -5.14. The second-order valence-electron chi connectivity index (χ2n) is 7.59. The van der Waals surface area contributed by atoms with Crippen molar-refractivity contribution >= 4 is 58.5 Å². The minimum Gasteiger partial charge on any atom is -0.344 e. The molecule has 0 aliphatic heterocycles. The van der Waals surface area contributed by atoms with Crippen molar-refractivity contribution in [1.82, 2.24) is 10.6 Å². The Morgan fingerprint density at radius 2 is 1.53 bits per heavy atom. The lowest BCUT2D eigenvalue weighted by Crippen LogP contribution is -2.52. The number of rotatable bonds is 8. The molecule has 2 amide bonds. The van der Waals surface area contributed by atoms with Crippen molar-refractivity contribution < 1.29 is 27.6 Å². The topological polar surface area (TPSA) is 75.3 Å². The van der Waals surface area contributed by atoms with Gasteiger partial charge in [-0.15, -0.1) is 0 Å². The Morgan fingerprint density at radius 1 is 0.912 bits per heavy atom. The van der Waals surface area contributed by atoms with E-state index in [0.717, 1.165) is 6.08 Å². The highest BCUT2D eigenvalue weighted by atomic mass is 35.5. The van der Waals surface area contributed by atoms with E-state index < -0.39 is 41.8 Å². The molecule has 2 rings (SSSR count). The SMILES string of the molecule is CC(C)[C@H](NC(=O)[C@@H](NC(=O)/C=C/c1ccc(Cl)c(Cl)c1)c1ccc(Cl)cc1)C(=O)C(F)(F)F. The summed E-state index contributed by atoms with van der Waals surface area (Å²) in [5.41, 5.74) is 0.799. The number of nitrogens with one attached hydrogen (secondary N) is 2. The maximum atomic E-state index is 13.0. The monoisotopic (exact) mass is 534 g/mol. The van der Waals surface area contributed by atoms with Gasteiger partial charge in [-0.2, -0.15) is 13.2 Å². The molecule has 0 aliphatic carbocycles. The van der Waals surface area contributed by atoms with Gasteiger partial charge in [0.25, 0.3) is 5.78 Å². The second-order valence-corrected chi connectivity index (χ2v) is 8.84. The van der Waals surface area contributed by atoms with Crippen LogP contribution in [0.2, 0.25) is 15.1 Å². The van der Waals surface area contributed by atoms with Crippen LogP contribution < -0.4 is 10.6 Å². The molecule has 2 aromatic carbocycles. The molecule has 0 spiro atoms. The summed E-state index contributed by atoms with van der Waals surface area (Å²) in [5.74, 6) is -4.65. The standard InChI is InChI=1S/C23H20Cl3F3N2O3/c1-12(2)19(21(33)23(27,28)29)31-22(34)20(14-5-7-15(24)8-6-14)30-18(32)10-4-13-3-9-16(25)17(26)11-13/h3-12,19-20H,1-2H3,(H,30,32)(H,31,34)/b10-4+/t19-,20-/m0/s1. The molecule has 5 nitrogen and oxygen atoms in total. The Kier molecular flexibility index (Phi) is 9.55. The van der Waals surface area contributed by atoms with E-state index in [9.17, 15) is 27.6 Å². The first-order valence-corrected chi connectivity index (χ1v) is 11.0. The van der Waals surface area contributed by atoms with Crippen molar-refractivity contribution in [2.24, 2.45) is 5.92 Å². The van der Waals surface area contributed by atoms with Gasteiger partial charge in [-0.1, -0.05) is 66.8 Å². The highest BCUT2D eigenvalue weighted by molar-refractivity contribution is 6.42. The second kappa shape index (κ2) is 11.7. The van der Waals surface area contributed by atoms with Gasteiger partial charge >= 0.3 is 6.18 Å². The van der Waals surface area contributed by atoms with Crippen LogP contribution in [0.4, 0.5) is 13.2 Å². The molecule has 34 heavy (non-hydrogen) atoms. The molecular formula is C23H20Cl3F3N2O3. The van der Waals surface area contributed by atoms with Crippen LogP contribution in [0.25, 0.3) is 6.08 Å². The fraction of sp³-hybridized carbons (Fsp3) is 0.261. The molecular weight excluding hydrogens is 516 g/mol. The number of ketones is 1. The maximum absolute atomic E-state index is 13.0. The number of hydrogen-bond donors (Lipinski definition) is 2. The molecule has 0 saturated carbocycles. The van der Waals surface area contributed by atoms with Crippen molar-refractivity contribution in [3.63, 3.8) is 0 Å². The van der Waals surface area contributed by atoms with Crippen molar-refractivity contribution in [1.29, 1.82) is 0 Å². The van der Waals surface area contributed by atoms with Crippen LogP contribution in [-0.2, 0) is 14.4 Å². The Morgan fingerprint density at radius 3 is 2.06 bits per heavy atom. The van der Waals surface area contributed by atoms with Crippen LogP contribution in [0.15, 0.2) is 48.5 Å². The van der Waals surface area contributed by atoms with E-state index in [1.807, 2.05) is 0 Å². The van der Waals surface area contributed by atoms with Gasteiger partial charge < -0.3 is 10.6 Å². The van der Waals surface area contributed by atoms with Gasteiger partial charge in [-0.3, -0.25) is 14.4 Å². The van der Waals surface area contributed by atoms with Gasteiger partial charge in [-0.05, 0) is 47.4 Å². The Labute approximate surface area is 209 Å². The molecule has 2 atom stereocenters. The summed E-state index contributed by atoms with van der Waals surface area (Å²) in [6, 6.07) is 7.22. The van der Waals surface area contributed by atoms with Crippen LogP contribution in [0, 0.1) is 5.92 Å². The average molecular weight is 536 g/mol. The number of hydrogen-bond acceptors (Lipinski definition) is 3. The first-order chi connectivity index (χ1) is 15.8. The molecule has 0 aromatic heterocycles. The van der Waals surface area contributed by atoms with E-state index in [2.05, 4.69) is 10.6 Å². The third-order valence-electron chi connectivity index (χ3n) is 4.65. The van der Waals surface area contributed by atoms with Gasteiger partial charge in [-0.25, -0.2) is 0 Å². The zero-order valence-corrected chi connectivity index (χ0v) is 20.2. The molecule has 2 N–H and O–H groups in total. The summed E-state index contributed by atoms with van der Waals surface area (Å²) >= 11 is 17.7. The third kappa shape index (κ3) is 7.75. The third-order valence-corrected chi connectivity index (χ3v) is 5.64. The molecule has 0 heterocycles. The van der Waals surface area contributed by atoms with Gasteiger partial charge in [0.1, 0.15) is 6.04 Å². The van der Waals surface area contributed by atoms with E-state index >= 15 is 0 Å². The fourth-order valence-electron chi connectivity index (χ4n) is 2.88. The Hall–Kier alpha value is -2.55. The normalized spacial score (nSPS) is 13.6. The van der Waals surface area contributed by atoms with Crippen molar-refractivity contribution in [3.05, 3.63) is 74.7 Å². The Balaban J connectivity index is 2.28. The number of halogens is 6. The largest absolute Gasteiger partial charge is 0.452 e. The van der Waals surface area contributed by atoms with Crippen LogP contribution in [0.5, 0.6) is 0 Å². The highest BCUT2D eigenvalue weighted by Crippen LogP contribution is 2.24. The van der Waals surface area contributed by atoms with Crippen LogP contribution in [-0.4, -0.2) is 29.8 Å². The molecule has 0 fully saturated rings. The number of carbonyl (C=O) groups is 3. The number of benzene rings is 2. The first-order valence-electron chi connectivity index (χ1n) is 9.90. The molecule has 0 aliphatic rings. The molecule has 0 saturated heterocycles. The van der Waals surface area contributed by atoms with E-state index in [1.54, 1.807) is 6.07 Å². The number of carbonyl (C=O) groups excluding carboxylic acids is 3. The zero-order chi connectivity index (χ0) is 25.6. The average Bonchev–Trinajstić information content (AvgIpc) is 2.76. The zero-order valence-electron chi connectivity index (χ0n) is 17.9. The summed E-state index contributed by atoms with van der Waals surface area (Å²) in [7, 11) is 0. The molecule has 0 bridgehead atoms. The van der Waals surface area contributed by atoms with E-state index in [0.29, 0.717) is 15.6 Å². The summed E-state index contributed by atoms with van der Waals surface area (Å²) in [4.78, 5) is 37.3. The minimum absolute atomic E-state index is 0.250. The van der Waals surface area contributed by atoms with Crippen LogP contribution in [0.1, 0.15) is 31.0 Å². The number of Topliss-reactive ketones (excluding diaryl/α,β-unsaturated/α-hetero) is 1. The summed E-state index contributed by atoms with van der Waals surface area (Å²) in [6.07, 6.45) is -2.60. The van der Waals surface area contributed by atoms with E-state index in [-0.39, 0.29) is 10.6 Å². The number of amides is 2. The van der Waals surface area contributed by atoms with Crippen LogP contribution >= 0.6 is 34.8 Å². The van der Waals surface area contributed by atoms with Gasteiger partial charge in [0, 0.05) is 11.1 Å². The number of alkyl halides is 3. The molecule has 0 unspecified atom stereocenters. The summed E-state index contributed by atoms with van der Waals surface area (Å²) < 4.78 is 39.0. The molecule has 0 radical (unpaired) electrons. The molecule has 11 heteroatoms. The van der Waals surface area contributed by atoms with Crippen molar-refractivity contribution in [2.75, 3.05) is 0 Å². The lowest BCUT2D eigenvalue weighted by Gasteiger charge is -2.25. The van der Waals surface area contributed by atoms with Gasteiger partial charge in [0.15, 0.2) is 0 Å². The molecule has 2 aromatic rings. The predicted molar refractivity (Wildman–Crippen MR) is 126 cm³/mol. The predicted octanol–water partition coefficient (Wildman–Crippen LogP) is 5.79. The van der Waals surface area contributed by atoms with E-state index in [1.165, 1.54) is 56.3 Å². The van der Waals surface area contributed by atoms with Gasteiger partial charge in [0.05, 0.1) is 16.1 Å². The maximum Gasteiger partial charge on any atom is 0.452 e. The summed E-state index contributed by atoms with van der Waals surface area (Å²) in [6.45, 7) is 2.73.